The van der Waals surface area contributed by atoms with Crippen molar-refractivity contribution in [1.29, 1.82) is 0 Å². The molecule has 2 aliphatic rings. The number of nitrogens with one attached hydrogen (secondary N) is 1. The van der Waals surface area contributed by atoms with Gasteiger partial charge in [-0.3, -0.25) is 4.79 Å². The van der Waals surface area contributed by atoms with Crippen molar-refractivity contribution in [1.82, 2.24) is 0 Å². The molecule has 1 fully saturated rings. The second-order valence-corrected chi connectivity index (χ2v) is 4.41. The highest BCUT2D eigenvalue weighted by Gasteiger charge is 2.23. The summed E-state index contributed by atoms with van der Waals surface area (Å²) in [4.78, 5) is 11.8. The molecule has 0 aromatic heterocycles. The van der Waals surface area contributed by atoms with Crippen LogP contribution in [0.25, 0.3) is 0 Å². The lowest BCUT2D eigenvalue weighted by Crippen LogP contribution is -2.26. The van der Waals surface area contributed by atoms with E-state index in [4.69, 9.17) is 9.47 Å². The summed E-state index contributed by atoms with van der Waals surface area (Å²) in [6.45, 7) is 1.43. The molecule has 17 heavy (non-hydrogen) atoms. The van der Waals surface area contributed by atoms with Crippen LogP contribution in [0.5, 0.6) is 5.75 Å². The molecular weight excluding hydrogens is 218 g/mol. The quantitative estimate of drug-likeness (QED) is 0.846. The lowest BCUT2D eigenvalue weighted by Gasteiger charge is -2.11. The van der Waals surface area contributed by atoms with E-state index in [1.54, 1.807) is 0 Å². The zero-order valence-electron chi connectivity index (χ0n) is 9.57. The summed E-state index contributed by atoms with van der Waals surface area (Å²) in [5.41, 5.74) is 1.99. The third-order valence-corrected chi connectivity index (χ3v) is 3.18. The van der Waals surface area contributed by atoms with Gasteiger partial charge in [0.25, 0.3) is 5.91 Å². The Hall–Kier alpha value is -1.55. The second-order valence-electron chi connectivity index (χ2n) is 4.41. The second kappa shape index (κ2) is 4.37. The lowest BCUT2D eigenvalue weighted by molar-refractivity contribution is -0.124. The minimum absolute atomic E-state index is 0.0404. The Morgan fingerprint density at radius 3 is 3.12 bits per heavy atom. The zero-order valence-corrected chi connectivity index (χ0v) is 9.57. The molecule has 0 aliphatic carbocycles. The van der Waals surface area contributed by atoms with Crippen LogP contribution in [0.1, 0.15) is 18.4 Å². The minimum atomic E-state index is -0.278. The molecule has 1 unspecified atom stereocenters. The van der Waals surface area contributed by atoms with Gasteiger partial charge in [0, 0.05) is 18.7 Å². The van der Waals surface area contributed by atoms with E-state index in [-0.39, 0.29) is 12.0 Å². The number of anilines is 1. The van der Waals surface area contributed by atoms with E-state index < -0.39 is 0 Å². The largest absolute Gasteiger partial charge is 0.493 e. The number of benzene rings is 1. The smallest absolute Gasteiger partial charge is 0.253 e. The molecule has 2 aliphatic heterocycles. The van der Waals surface area contributed by atoms with E-state index in [9.17, 15) is 4.79 Å². The van der Waals surface area contributed by atoms with Crippen LogP contribution in [-0.4, -0.2) is 25.2 Å². The average Bonchev–Trinajstić information content (AvgIpc) is 2.99. The highest BCUT2D eigenvalue weighted by Crippen LogP contribution is 2.28. The molecule has 1 aromatic carbocycles. The molecular formula is C13H15NO3. The predicted octanol–water partition coefficient (Wildman–Crippen LogP) is 1.74. The van der Waals surface area contributed by atoms with E-state index in [1.165, 1.54) is 0 Å². The Morgan fingerprint density at radius 2 is 2.29 bits per heavy atom. The Labute approximate surface area is 99.9 Å². The van der Waals surface area contributed by atoms with Crippen LogP contribution in [-0.2, 0) is 16.0 Å². The van der Waals surface area contributed by atoms with E-state index in [1.807, 2.05) is 18.2 Å². The Morgan fingerprint density at radius 1 is 1.35 bits per heavy atom. The van der Waals surface area contributed by atoms with Crippen LogP contribution in [0.3, 0.4) is 0 Å². The fourth-order valence-electron chi connectivity index (χ4n) is 2.27. The maximum atomic E-state index is 11.8. The summed E-state index contributed by atoms with van der Waals surface area (Å²) < 4.78 is 10.8. The topological polar surface area (TPSA) is 47.6 Å². The summed E-state index contributed by atoms with van der Waals surface area (Å²) in [5, 5.41) is 2.89. The molecule has 0 radical (unpaired) electrons. The summed E-state index contributed by atoms with van der Waals surface area (Å²) in [5.74, 6) is 0.890. The summed E-state index contributed by atoms with van der Waals surface area (Å²) in [7, 11) is 0. The highest BCUT2D eigenvalue weighted by atomic mass is 16.5. The number of hydrogen-bond donors (Lipinski definition) is 1. The Bertz CT molecular complexity index is 438. The fraction of sp³-hybridized carbons (Fsp3) is 0.462. The molecule has 0 spiro atoms. The van der Waals surface area contributed by atoms with Crippen molar-refractivity contribution in [2.75, 3.05) is 18.5 Å². The maximum absolute atomic E-state index is 11.8. The van der Waals surface area contributed by atoms with Gasteiger partial charge in [0.15, 0.2) is 0 Å². The zero-order chi connectivity index (χ0) is 11.7. The van der Waals surface area contributed by atoms with Crippen molar-refractivity contribution in [2.45, 2.75) is 25.4 Å². The number of carbonyl (C=O) groups excluding carboxylic acids is 1. The van der Waals surface area contributed by atoms with Crippen molar-refractivity contribution >= 4 is 11.6 Å². The van der Waals surface area contributed by atoms with Crippen LogP contribution in [0, 0.1) is 0 Å². The minimum Gasteiger partial charge on any atom is -0.493 e. The van der Waals surface area contributed by atoms with E-state index in [2.05, 4.69) is 5.32 Å². The van der Waals surface area contributed by atoms with Crippen LogP contribution in [0.15, 0.2) is 18.2 Å². The molecule has 90 valence electrons. The van der Waals surface area contributed by atoms with Gasteiger partial charge in [0.05, 0.1) is 6.61 Å². The van der Waals surface area contributed by atoms with Crippen molar-refractivity contribution in [2.24, 2.45) is 0 Å². The molecule has 4 nitrogen and oxygen atoms in total. The average molecular weight is 233 g/mol. The molecule has 0 bridgehead atoms. The monoisotopic (exact) mass is 233 g/mol. The molecule has 1 saturated heterocycles. The van der Waals surface area contributed by atoms with Crippen LogP contribution in [0.2, 0.25) is 0 Å². The number of carbonyl (C=O) groups is 1. The number of fused-ring (bicyclic) bond motifs is 1. The first-order chi connectivity index (χ1) is 8.33. The number of rotatable bonds is 2. The molecule has 1 amide bonds. The van der Waals surface area contributed by atoms with Crippen LogP contribution in [0.4, 0.5) is 5.69 Å². The van der Waals surface area contributed by atoms with E-state index in [0.29, 0.717) is 6.61 Å². The maximum Gasteiger partial charge on any atom is 0.253 e. The van der Waals surface area contributed by atoms with Crippen molar-refractivity contribution in [3.05, 3.63) is 23.8 Å². The Kier molecular flexibility index (Phi) is 2.73. The van der Waals surface area contributed by atoms with E-state index in [0.717, 1.165) is 42.9 Å². The molecule has 1 N–H and O–H groups in total. The normalized spacial score (nSPS) is 22.0. The predicted molar refractivity (Wildman–Crippen MR) is 63.2 cm³/mol. The van der Waals surface area contributed by atoms with Crippen LogP contribution < -0.4 is 10.1 Å². The van der Waals surface area contributed by atoms with Gasteiger partial charge >= 0.3 is 0 Å². The number of amides is 1. The first kappa shape index (κ1) is 10.6. The molecule has 1 aromatic rings. The number of hydrogen-bond acceptors (Lipinski definition) is 3. The van der Waals surface area contributed by atoms with Gasteiger partial charge in [-0.15, -0.1) is 0 Å². The highest BCUT2D eigenvalue weighted by molar-refractivity contribution is 5.94. The van der Waals surface area contributed by atoms with Gasteiger partial charge in [-0.25, -0.2) is 0 Å². The van der Waals surface area contributed by atoms with Gasteiger partial charge in [-0.05, 0) is 36.6 Å². The molecule has 1 atom stereocenters. The third-order valence-electron chi connectivity index (χ3n) is 3.18. The standard InChI is InChI=1S/C13H15NO3/c15-13(12-2-1-6-16-12)14-10-3-4-11-9(8-10)5-7-17-11/h3-4,8,12H,1-2,5-7H2,(H,14,15). The van der Waals surface area contributed by atoms with Gasteiger partial charge < -0.3 is 14.8 Å². The molecule has 0 saturated carbocycles. The van der Waals surface area contributed by atoms with Gasteiger partial charge in [0.1, 0.15) is 11.9 Å². The first-order valence-electron chi connectivity index (χ1n) is 6.01. The van der Waals surface area contributed by atoms with Crippen molar-refractivity contribution in [3.63, 3.8) is 0 Å². The van der Waals surface area contributed by atoms with Crippen molar-refractivity contribution < 1.29 is 14.3 Å². The third kappa shape index (κ3) is 2.13. The first-order valence-corrected chi connectivity index (χ1v) is 6.01. The molecule has 2 heterocycles. The fourth-order valence-corrected chi connectivity index (χ4v) is 2.27. The molecule has 4 heteroatoms. The Balaban J connectivity index is 1.70. The number of ether oxygens (including phenoxy) is 2. The SMILES string of the molecule is O=C(Nc1ccc2c(c1)CCO2)C1CCCO1. The summed E-state index contributed by atoms with van der Waals surface area (Å²) >= 11 is 0. The molecule has 3 rings (SSSR count). The van der Waals surface area contributed by atoms with Crippen LogP contribution >= 0.6 is 0 Å². The van der Waals surface area contributed by atoms with E-state index >= 15 is 0 Å². The van der Waals surface area contributed by atoms with Gasteiger partial charge in [-0.2, -0.15) is 0 Å². The van der Waals surface area contributed by atoms with Crippen molar-refractivity contribution in [3.8, 4) is 5.75 Å². The van der Waals surface area contributed by atoms with Gasteiger partial charge in [0.2, 0.25) is 0 Å². The van der Waals surface area contributed by atoms with Gasteiger partial charge in [-0.1, -0.05) is 0 Å². The summed E-state index contributed by atoms with van der Waals surface area (Å²) in [6.07, 6.45) is 2.43. The lowest BCUT2D eigenvalue weighted by atomic mass is 10.1. The summed E-state index contributed by atoms with van der Waals surface area (Å²) in [6, 6.07) is 5.76.